The van der Waals surface area contributed by atoms with E-state index in [-0.39, 0.29) is 5.84 Å². The van der Waals surface area contributed by atoms with Crippen LogP contribution in [0.25, 0.3) is 17.2 Å². The van der Waals surface area contributed by atoms with Gasteiger partial charge in [0.25, 0.3) is 0 Å². The Morgan fingerprint density at radius 1 is 1.07 bits per heavy atom. The lowest BCUT2D eigenvalue weighted by atomic mass is 9.77. The van der Waals surface area contributed by atoms with Crippen molar-refractivity contribution in [2.45, 2.75) is 39.0 Å². The second kappa shape index (κ2) is 6.74. The maximum atomic E-state index is 9.21. The van der Waals surface area contributed by atoms with Gasteiger partial charge in [0.15, 0.2) is 0 Å². The highest BCUT2D eigenvalue weighted by atomic mass is 16.4. The lowest BCUT2D eigenvalue weighted by Crippen LogP contribution is -2.40. The van der Waals surface area contributed by atoms with Crippen LogP contribution in [0.3, 0.4) is 0 Å². The minimum atomic E-state index is -0.496. The van der Waals surface area contributed by atoms with Crippen molar-refractivity contribution in [2.24, 2.45) is 16.8 Å². The van der Waals surface area contributed by atoms with Crippen LogP contribution in [0.5, 0.6) is 0 Å². The van der Waals surface area contributed by atoms with Gasteiger partial charge in [0.05, 0.1) is 11.1 Å². The van der Waals surface area contributed by atoms with Crippen LogP contribution >= 0.6 is 0 Å². The topological polar surface area (TPSA) is 102 Å². The van der Waals surface area contributed by atoms with E-state index >= 15 is 0 Å². The molecule has 3 heterocycles. The molecule has 1 fully saturated rings. The highest BCUT2D eigenvalue weighted by Gasteiger charge is 2.46. The number of hydrogen-bond donors (Lipinski definition) is 2. The molecule has 0 amide bonds. The van der Waals surface area contributed by atoms with Crippen LogP contribution < -0.4 is 5.73 Å². The van der Waals surface area contributed by atoms with Crippen LogP contribution in [0.15, 0.2) is 48.0 Å². The highest BCUT2D eigenvalue weighted by molar-refractivity contribution is 5.91. The number of aromatic nitrogens is 4. The average Bonchev–Trinajstić information content (AvgIpc) is 3.53. The number of nitrogens with two attached hydrogens (primary N) is 1. The van der Waals surface area contributed by atoms with Crippen LogP contribution in [0, 0.1) is 19.8 Å². The van der Waals surface area contributed by atoms with Gasteiger partial charge in [0.1, 0.15) is 5.84 Å². The normalized spacial score (nSPS) is 16.8. The molecule has 3 N–H and O–H groups in total. The summed E-state index contributed by atoms with van der Waals surface area (Å²) in [5.41, 5.74) is 10.3. The summed E-state index contributed by atoms with van der Waals surface area (Å²) in [7, 11) is 0. The number of oxime groups is 1. The third-order valence-electron chi connectivity index (χ3n) is 5.80. The van der Waals surface area contributed by atoms with E-state index in [2.05, 4.69) is 20.1 Å². The number of pyridine rings is 1. The maximum absolute atomic E-state index is 9.21. The van der Waals surface area contributed by atoms with E-state index in [9.17, 15) is 5.21 Å². The number of aryl methyl sites for hydroxylation is 2. The molecule has 1 aliphatic carbocycles. The fourth-order valence-electron chi connectivity index (χ4n) is 3.78. The highest BCUT2D eigenvalue weighted by Crippen LogP contribution is 2.47. The number of rotatable bonds is 5. The third kappa shape index (κ3) is 2.93. The summed E-state index contributed by atoms with van der Waals surface area (Å²) in [5.74, 6) is 1.26. The molecule has 1 aliphatic rings. The van der Waals surface area contributed by atoms with E-state index in [4.69, 9.17) is 5.73 Å². The second-order valence-corrected chi connectivity index (χ2v) is 7.62. The Hall–Kier alpha value is -3.22. The SMILES string of the molecule is Cc1ccc(C)n1-c1ncc(-c2ccc(C(C)(C(N)=NO)C3CC3)cn2)cn1. The van der Waals surface area contributed by atoms with Crippen molar-refractivity contribution in [3.05, 3.63) is 59.8 Å². The van der Waals surface area contributed by atoms with Crippen LogP contribution in [0.2, 0.25) is 0 Å². The molecule has 0 saturated heterocycles. The van der Waals surface area contributed by atoms with E-state index < -0.39 is 5.41 Å². The van der Waals surface area contributed by atoms with Crippen molar-refractivity contribution >= 4 is 5.84 Å². The van der Waals surface area contributed by atoms with Crippen molar-refractivity contribution < 1.29 is 5.21 Å². The third-order valence-corrected chi connectivity index (χ3v) is 5.80. The summed E-state index contributed by atoms with van der Waals surface area (Å²) in [5, 5.41) is 12.5. The zero-order chi connectivity index (χ0) is 19.9. The summed E-state index contributed by atoms with van der Waals surface area (Å²) < 4.78 is 2.01. The molecule has 0 bridgehead atoms. The minimum Gasteiger partial charge on any atom is -0.409 e. The number of nitrogens with zero attached hydrogens (tertiary/aromatic N) is 5. The van der Waals surface area contributed by atoms with Crippen molar-refractivity contribution in [3.8, 4) is 17.2 Å². The van der Waals surface area contributed by atoms with E-state index in [0.717, 1.165) is 41.1 Å². The Morgan fingerprint density at radius 2 is 1.71 bits per heavy atom. The summed E-state index contributed by atoms with van der Waals surface area (Å²) >= 11 is 0. The Morgan fingerprint density at radius 3 is 2.21 bits per heavy atom. The van der Waals surface area contributed by atoms with E-state index in [1.165, 1.54) is 0 Å². The molecule has 1 atom stereocenters. The fourth-order valence-corrected chi connectivity index (χ4v) is 3.78. The quantitative estimate of drug-likeness (QED) is 0.308. The molecule has 0 radical (unpaired) electrons. The summed E-state index contributed by atoms with van der Waals surface area (Å²) in [6.07, 6.45) is 7.52. The first-order valence-electron chi connectivity index (χ1n) is 9.37. The first-order chi connectivity index (χ1) is 13.4. The lowest BCUT2D eigenvalue weighted by Gasteiger charge is -2.28. The second-order valence-electron chi connectivity index (χ2n) is 7.62. The molecular weight excluding hydrogens is 352 g/mol. The fraction of sp³-hybridized carbons (Fsp3) is 0.333. The predicted molar refractivity (Wildman–Crippen MR) is 108 cm³/mol. The van der Waals surface area contributed by atoms with Gasteiger partial charge in [-0.1, -0.05) is 11.2 Å². The zero-order valence-corrected chi connectivity index (χ0v) is 16.3. The standard InChI is InChI=1S/C21H24N6O/c1-13-4-5-14(2)27(13)20-24-10-15(11-25-20)18-9-8-17(12-23-18)21(3,16-6-7-16)19(22)26-28/h4-5,8-12,16,28H,6-7H2,1-3H3,(H2,22,26). The van der Waals surface area contributed by atoms with Gasteiger partial charge in [-0.05, 0) is 63.3 Å². The molecule has 3 aromatic rings. The van der Waals surface area contributed by atoms with Crippen LogP contribution in [-0.4, -0.2) is 30.6 Å². The molecule has 7 heteroatoms. The summed E-state index contributed by atoms with van der Waals surface area (Å²) in [4.78, 5) is 13.6. The van der Waals surface area contributed by atoms with Gasteiger partial charge in [-0.25, -0.2) is 9.97 Å². The monoisotopic (exact) mass is 376 g/mol. The number of amidine groups is 1. The molecule has 0 spiro atoms. The maximum Gasteiger partial charge on any atom is 0.234 e. The van der Waals surface area contributed by atoms with Crippen molar-refractivity contribution in [1.82, 2.24) is 19.5 Å². The van der Waals surface area contributed by atoms with Crippen molar-refractivity contribution in [2.75, 3.05) is 0 Å². The van der Waals surface area contributed by atoms with Crippen LogP contribution in [0.4, 0.5) is 0 Å². The van der Waals surface area contributed by atoms with Gasteiger partial charge in [0, 0.05) is 35.5 Å². The average molecular weight is 376 g/mol. The Kier molecular flexibility index (Phi) is 4.37. The van der Waals surface area contributed by atoms with Gasteiger partial charge in [-0.15, -0.1) is 0 Å². The van der Waals surface area contributed by atoms with Crippen molar-refractivity contribution in [3.63, 3.8) is 0 Å². The van der Waals surface area contributed by atoms with Gasteiger partial charge in [0.2, 0.25) is 5.95 Å². The van der Waals surface area contributed by atoms with Gasteiger partial charge in [-0.2, -0.15) is 0 Å². The molecule has 1 saturated carbocycles. The van der Waals surface area contributed by atoms with E-state index in [1.807, 2.05) is 49.6 Å². The van der Waals surface area contributed by atoms with Crippen LogP contribution in [0.1, 0.15) is 36.7 Å². The van der Waals surface area contributed by atoms with E-state index in [0.29, 0.717) is 11.9 Å². The zero-order valence-electron chi connectivity index (χ0n) is 16.3. The Balaban J connectivity index is 1.63. The Labute approximate surface area is 164 Å². The van der Waals surface area contributed by atoms with Gasteiger partial charge >= 0.3 is 0 Å². The summed E-state index contributed by atoms with van der Waals surface area (Å²) in [6.45, 7) is 6.07. The van der Waals surface area contributed by atoms with Gasteiger partial charge in [-0.3, -0.25) is 9.55 Å². The van der Waals surface area contributed by atoms with Gasteiger partial charge < -0.3 is 10.9 Å². The molecule has 3 aromatic heterocycles. The summed E-state index contributed by atoms with van der Waals surface area (Å²) in [6, 6.07) is 8.02. The first kappa shape index (κ1) is 18.2. The molecule has 7 nitrogen and oxygen atoms in total. The smallest absolute Gasteiger partial charge is 0.234 e. The predicted octanol–water partition coefficient (Wildman–Crippen LogP) is 3.36. The van der Waals surface area contributed by atoms with Crippen molar-refractivity contribution in [1.29, 1.82) is 0 Å². The molecular formula is C21H24N6O. The largest absolute Gasteiger partial charge is 0.409 e. The molecule has 0 aliphatic heterocycles. The minimum absolute atomic E-state index is 0.231. The van der Waals surface area contributed by atoms with E-state index in [1.54, 1.807) is 18.6 Å². The molecule has 4 rings (SSSR count). The number of hydrogen-bond acceptors (Lipinski definition) is 5. The molecule has 0 aromatic carbocycles. The molecule has 1 unspecified atom stereocenters. The lowest BCUT2D eigenvalue weighted by molar-refractivity contribution is 0.310. The Bertz CT molecular complexity index is 999. The molecule has 144 valence electrons. The first-order valence-corrected chi connectivity index (χ1v) is 9.37. The molecule has 28 heavy (non-hydrogen) atoms. The van der Waals surface area contributed by atoms with Crippen LogP contribution in [-0.2, 0) is 5.41 Å².